The highest BCUT2D eigenvalue weighted by Gasteiger charge is 2.28. The van der Waals surface area contributed by atoms with Crippen LogP contribution in [0, 0.1) is 0 Å². The molecular formula is C10H13N3O2. The van der Waals surface area contributed by atoms with E-state index in [0.29, 0.717) is 19.6 Å². The number of carbonyl (C=O) groups is 1. The lowest BCUT2D eigenvalue weighted by Gasteiger charge is -2.33. The molecule has 0 spiro atoms. The van der Waals surface area contributed by atoms with Crippen molar-refractivity contribution in [2.75, 3.05) is 19.6 Å². The standard InChI is InChI=1S/C10H13N3O2/c14-10(15)13-6-5-11-7-9(13)8-3-1-2-4-12-8/h1-4,9,11H,5-7H2,(H,14,15). The molecule has 15 heavy (non-hydrogen) atoms. The molecule has 1 fully saturated rings. The van der Waals surface area contributed by atoms with Crippen LogP contribution in [0.15, 0.2) is 24.4 Å². The van der Waals surface area contributed by atoms with Gasteiger partial charge in [-0.3, -0.25) is 9.88 Å². The fourth-order valence-corrected chi connectivity index (χ4v) is 1.77. The summed E-state index contributed by atoms with van der Waals surface area (Å²) in [6.07, 6.45) is 0.802. The lowest BCUT2D eigenvalue weighted by atomic mass is 10.1. The van der Waals surface area contributed by atoms with Crippen molar-refractivity contribution in [2.24, 2.45) is 0 Å². The number of hydrogen-bond acceptors (Lipinski definition) is 3. The third kappa shape index (κ3) is 2.07. The van der Waals surface area contributed by atoms with E-state index in [4.69, 9.17) is 5.11 Å². The van der Waals surface area contributed by atoms with Gasteiger partial charge in [-0.1, -0.05) is 6.07 Å². The third-order valence-corrected chi connectivity index (χ3v) is 2.52. The largest absolute Gasteiger partial charge is 0.465 e. The SMILES string of the molecule is O=C(O)N1CCNCC1c1ccccn1. The number of pyridine rings is 1. The van der Waals surface area contributed by atoms with Gasteiger partial charge in [0, 0.05) is 25.8 Å². The van der Waals surface area contributed by atoms with Crippen molar-refractivity contribution in [1.29, 1.82) is 0 Å². The molecule has 1 aromatic heterocycles. The van der Waals surface area contributed by atoms with Crippen LogP contribution in [0.1, 0.15) is 11.7 Å². The van der Waals surface area contributed by atoms with Crippen molar-refractivity contribution < 1.29 is 9.90 Å². The minimum absolute atomic E-state index is 0.169. The normalized spacial score (nSPS) is 21.3. The lowest BCUT2D eigenvalue weighted by Crippen LogP contribution is -2.48. The number of carboxylic acid groups (broad SMARTS) is 1. The summed E-state index contributed by atoms with van der Waals surface area (Å²) in [6.45, 7) is 1.84. The van der Waals surface area contributed by atoms with Crippen LogP contribution in [0.5, 0.6) is 0 Å². The summed E-state index contributed by atoms with van der Waals surface area (Å²) < 4.78 is 0. The molecule has 2 heterocycles. The molecule has 80 valence electrons. The summed E-state index contributed by atoms with van der Waals surface area (Å²) >= 11 is 0. The fourth-order valence-electron chi connectivity index (χ4n) is 1.77. The Kier molecular flexibility index (Phi) is 2.82. The number of nitrogens with one attached hydrogen (secondary N) is 1. The lowest BCUT2D eigenvalue weighted by molar-refractivity contribution is 0.111. The quantitative estimate of drug-likeness (QED) is 0.711. The Hall–Kier alpha value is -1.62. The first kappa shape index (κ1) is 9.92. The maximum absolute atomic E-state index is 11.0. The Balaban J connectivity index is 2.22. The van der Waals surface area contributed by atoms with E-state index in [1.165, 1.54) is 4.90 Å². The molecule has 1 amide bonds. The molecule has 0 aromatic carbocycles. The molecule has 0 radical (unpaired) electrons. The van der Waals surface area contributed by atoms with Crippen molar-refractivity contribution in [3.05, 3.63) is 30.1 Å². The van der Waals surface area contributed by atoms with Crippen LogP contribution in [-0.2, 0) is 0 Å². The molecule has 1 aliphatic rings. The Morgan fingerprint density at radius 3 is 3.13 bits per heavy atom. The number of hydrogen-bond donors (Lipinski definition) is 2. The Labute approximate surface area is 87.7 Å². The van der Waals surface area contributed by atoms with Crippen LogP contribution in [0.2, 0.25) is 0 Å². The van der Waals surface area contributed by atoms with Gasteiger partial charge in [-0.25, -0.2) is 4.79 Å². The molecule has 1 unspecified atom stereocenters. The van der Waals surface area contributed by atoms with Gasteiger partial charge in [-0.2, -0.15) is 0 Å². The Bertz CT molecular complexity index is 342. The maximum Gasteiger partial charge on any atom is 0.407 e. The summed E-state index contributed by atoms with van der Waals surface area (Å²) in [5.41, 5.74) is 0.798. The van der Waals surface area contributed by atoms with Gasteiger partial charge in [-0.05, 0) is 12.1 Å². The van der Waals surface area contributed by atoms with Crippen LogP contribution in [-0.4, -0.2) is 40.7 Å². The predicted octanol–water partition coefficient (Wildman–Crippen LogP) is 0.706. The molecule has 1 atom stereocenters. The topological polar surface area (TPSA) is 65.5 Å². The van der Waals surface area contributed by atoms with E-state index in [1.54, 1.807) is 6.20 Å². The Morgan fingerprint density at radius 2 is 2.47 bits per heavy atom. The van der Waals surface area contributed by atoms with Gasteiger partial charge in [-0.15, -0.1) is 0 Å². The molecule has 2 N–H and O–H groups in total. The summed E-state index contributed by atoms with van der Waals surface area (Å²) in [6, 6.07) is 5.38. The smallest absolute Gasteiger partial charge is 0.407 e. The highest BCUT2D eigenvalue weighted by atomic mass is 16.4. The molecule has 5 nitrogen and oxygen atoms in total. The number of amides is 1. The van der Waals surface area contributed by atoms with E-state index >= 15 is 0 Å². The van der Waals surface area contributed by atoms with Gasteiger partial charge < -0.3 is 10.4 Å². The molecule has 1 saturated heterocycles. The van der Waals surface area contributed by atoms with Gasteiger partial charge in [0.25, 0.3) is 0 Å². The van der Waals surface area contributed by atoms with Crippen molar-refractivity contribution in [3.63, 3.8) is 0 Å². The summed E-state index contributed by atoms with van der Waals surface area (Å²) in [7, 11) is 0. The van der Waals surface area contributed by atoms with Gasteiger partial charge >= 0.3 is 6.09 Å². The van der Waals surface area contributed by atoms with Gasteiger partial charge in [0.05, 0.1) is 11.7 Å². The Morgan fingerprint density at radius 1 is 1.60 bits per heavy atom. The van der Waals surface area contributed by atoms with Crippen LogP contribution < -0.4 is 5.32 Å². The van der Waals surface area contributed by atoms with E-state index < -0.39 is 6.09 Å². The maximum atomic E-state index is 11.0. The van der Waals surface area contributed by atoms with Crippen LogP contribution in [0.4, 0.5) is 4.79 Å². The molecule has 5 heteroatoms. The zero-order valence-corrected chi connectivity index (χ0v) is 8.26. The highest BCUT2D eigenvalue weighted by molar-refractivity contribution is 5.65. The van der Waals surface area contributed by atoms with Crippen LogP contribution >= 0.6 is 0 Å². The zero-order chi connectivity index (χ0) is 10.7. The highest BCUT2D eigenvalue weighted by Crippen LogP contribution is 2.19. The first-order chi connectivity index (χ1) is 7.29. The molecular weight excluding hydrogens is 194 g/mol. The zero-order valence-electron chi connectivity index (χ0n) is 8.26. The van der Waals surface area contributed by atoms with E-state index in [2.05, 4.69) is 10.3 Å². The average molecular weight is 207 g/mol. The second-order valence-electron chi connectivity index (χ2n) is 3.45. The fraction of sp³-hybridized carbons (Fsp3) is 0.400. The second kappa shape index (κ2) is 4.27. The van der Waals surface area contributed by atoms with E-state index in [0.717, 1.165) is 5.69 Å². The first-order valence-corrected chi connectivity index (χ1v) is 4.90. The number of rotatable bonds is 1. The number of nitrogens with zero attached hydrogens (tertiary/aromatic N) is 2. The van der Waals surface area contributed by atoms with Crippen molar-refractivity contribution >= 4 is 6.09 Å². The number of aromatic nitrogens is 1. The molecule has 1 aliphatic heterocycles. The van der Waals surface area contributed by atoms with Crippen molar-refractivity contribution in [1.82, 2.24) is 15.2 Å². The predicted molar refractivity (Wildman–Crippen MR) is 54.6 cm³/mol. The minimum Gasteiger partial charge on any atom is -0.465 e. The van der Waals surface area contributed by atoms with Crippen LogP contribution in [0.3, 0.4) is 0 Å². The van der Waals surface area contributed by atoms with Gasteiger partial charge in [0.15, 0.2) is 0 Å². The minimum atomic E-state index is -0.882. The van der Waals surface area contributed by atoms with E-state index in [-0.39, 0.29) is 6.04 Å². The summed E-state index contributed by atoms with van der Waals surface area (Å²) in [5.74, 6) is 0. The van der Waals surface area contributed by atoms with Gasteiger partial charge in [0.2, 0.25) is 0 Å². The van der Waals surface area contributed by atoms with Crippen molar-refractivity contribution in [2.45, 2.75) is 6.04 Å². The van der Waals surface area contributed by atoms with E-state index in [1.807, 2.05) is 18.2 Å². The summed E-state index contributed by atoms with van der Waals surface area (Å²) in [5, 5.41) is 12.2. The first-order valence-electron chi connectivity index (χ1n) is 4.90. The monoisotopic (exact) mass is 207 g/mol. The average Bonchev–Trinajstić information content (AvgIpc) is 2.30. The van der Waals surface area contributed by atoms with Gasteiger partial charge in [0.1, 0.15) is 0 Å². The second-order valence-corrected chi connectivity index (χ2v) is 3.45. The molecule has 0 aliphatic carbocycles. The van der Waals surface area contributed by atoms with E-state index in [9.17, 15) is 4.79 Å². The molecule has 1 aromatic rings. The molecule has 0 saturated carbocycles. The molecule has 2 rings (SSSR count). The third-order valence-electron chi connectivity index (χ3n) is 2.52. The van der Waals surface area contributed by atoms with Crippen LogP contribution in [0.25, 0.3) is 0 Å². The summed E-state index contributed by atoms with van der Waals surface area (Å²) in [4.78, 5) is 16.6. The number of piperazine rings is 1. The van der Waals surface area contributed by atoms with Crippen molar-refractivity contribution in [3.8, 4) is 0 Å². The molecule has 0 bridgehead atoms.